The third-order valence-corrected chi connectivity index (χ3v) is 12.7. The molecular weight excluding hydrogens is 446 g/mol. The Bertz CT molecular complexity index is 1120. The van der Waals surface area contributed by atoms with Gasteiger partial charge in [0.2, 0.25) is 0 Å². The number of nitrogens with zero attached hydrogens (tertiary/aromatic N) is 1. The van der Waals surface area contributed by atoms with E-state index in [1.165, 1.54) is 5.57 Å². The first-order valence-electron chi connectivity index (χ1n) is 14.1. The van der Waals surface area contributed by atoms with Crippen molar-refractivity contribution in [2.24, 2.45) is 50.2 Å². The number of carbonyl (C=O) groups excluding carboxylic acids is 2. The van der Waals surface area contributed by atoms with Gasteiger partial charge in [-0.15, -0.1) is 0 Å². The standard InChI is InChI=1S/C32H45NO3/c1-27(2)13-15-32(26(35)36-8)16-14-30(6)21(22(32)18-27)9-10-24-29(5)17-20(19-33)25(34)28(3,4)23(29)11-12-31(24,30)7/h9,17,22-24H,10-16,18H2,1-8H3/t22-,23-,24+,29-,30+,31+,32-/m0/s1. The van der Waals surface area contributed by atoms with Gasteiger partial charge in [0, 0.05) is 5.41 Å². The quantitative estimate of drug-likeness (QED) is 0.287. The summed E-state index contributed by atoms with van der Waals surface area (Å²) in [5, 5.41) is 9.88. The summed E-state index contributed by atoms with van der Waals surface area (Å²) in [4.78, 5) is 26.6. The molecule has 5 aliphatic carbocycles. The van der Waals surface area contributed by atoms with Gasteiger partial charge in [-0.2, -0.15) is 5.26 Å². The van der Waals surface area contributed by atoms with Crippen LogP contribution in [0.5, 0.6) is 0 Å². The molecule has 7 atom stereocenters. The zero-order chi connectivity index (χ0) is 26.5. The van der Waals surface area contributed by atoms with E-state index in [-0.39, 0.29) is 45.2 Å². The molecule has 4 nitrogen and oxygen atoms in total. The van der Waals surface area contributed by atoms with Crippen molar-refractivity contribution in [2.75, 3.05) is 7.11 Å². The molecule has 0 aromatic rings. The van der Waals surface area contributed by atoms with Gasteiger partial charge in [-0.1, -0.05) is 66.2 Å². The second-order valence-electron chi connectivity index (χ2n) is 14.9. The summed E-state index contributed by atoms with van der Waals surface area (Å²) in [5.74, 6) is 0.820. The highest BCUT2D eigenvalue weighted by atomic mass is 16.5. The molecule has 0 amide bonds. The van der Waals surface area contributed by atoms with Crippen LogP contribution in [0.3, 0.4) is 0 Å². The van der Waals surface area contributed by atoms with Crippen LogP contribution in [-0.4, -0.2) is 18.9 Å². The highest BCUT2D eigenvalue weighted by molar-refractivity contribution is 6.04. The van der Waals surface area contributed by atoms with E-state index in [9.17, 15) is 14.9 Å². The summed E-state index contributed by atoms with van der Waals surface area (Å²) in [7, 11) is 1.56. The molecule has 3 saturated carbocycles. The SMILES string of the molecule is COC(=O)[C@]12CCC(C)(C)C[C@H]1C1=CC[C@@H]3[C@@]4(C)C=C(C#N)C(=O)C(C)(C)[C@@H]4CC[C@@]3(C)[C@]1(C)CC2. The second-order valence-corrected chi connectivity index (χ2v) is 14.9. The van der Waals surface area contributed by atoms with Gasteiger partial charge in [0.05, 0.1) is 18.1 Å². The molecule has 0 aliphatic heterocycles. The number of allylic oxidation sites excluding steroid dienone is 4. The number of Topliss-reactive ketones (excluding diaryl/α,β-unsaturated/α-hetero) is 1. The van der Waals surface area contributed by atoms with Crippen LogP contribution >= 0.6 is 0 Å². The fraction of sp³-hybridized carbons (Fsp3) is 0.781. The number of esters is 1. The molecule has 4 heteroatoms. The molecule has 36 heavy (non-hydrogen) atoms. The number of hydrogen-bond acceptors (Lipinski definition) is 4. The van der Waals surface area contributed by atoms with Crippen LogP contribution < -0.4 is 0 Å². The topological polar surface area (TPSA) is 67.2 Å². The van der Waals surface area contributed by atoms with Gasteiger partial charge in [0.15, 0.2) is 5.78 Å². The summed E-state index contributed by atoms with van der Waals surface area (Å²) in [5.41, 5.74) is 0.970. The zero-order valence-corrected chi connectivity index (χ0v) is 23.7. The Labute approximate surface area is 217 Å². The molecule has 5 aliphatic rings. The number of carbonyl (C=O) groups is 2. The number of ether oxygens (including phenoxy) is 1. The van der Waals surface area contributed by atoms with Crippen LogP contribution in [0.15, 0.2) is 23.3 Å². The van der Waals surface area contributed by atoms with Crippen molar-refractivity contribution < 1.29 is 14.3 Å². The first-order valence-corrected chi connectivity index (χ1v) is 14.1. The number of ketones is 1. The molecule has 0 aromatic heterocycles. The molecule has 5 rings (SSSR count). The van der Waals surface area contributed by atoms with E-state index in [0.29, 0.717) is 11.5 Å². The maximum Gasteiger partial charge on any atom is 0.312 e. The molecule has 0 bridgehead atoms. The molecule has 0 unspecified atom stereocenters. The number of fused-ring (bicyclic) bond motifs is 7. The lowest BCUT2D eigenvalue weighted by Gasteiger charge is -2.69. The van der Waals surface area contributed by atoms with Crippen LogP contribution in [0.25, 0.3) is 0 Å². The second kappa shape index (κ2) is 7.58. The average molecular weight is 492 g/mol. The van der Waals surface area contributed by atoms with E-state index >= 15 is 0 Å². The Kier molecular flexibility index (Phi) is 5.42. The van der Waals surface area contributed by atoms with Gasteiger partial charge in [-0.05, 0) is 90.8 Å². The molecule has 0 heterocycles. The molecule has 3 fully saturated rings. The Morgan fingerprint density at radius 2 is 1.67 bits per heavy atom. The van der Waals surface area contributed by atoms with Gasteiger partial charge in [0.25, 0.3) is 0 Å². The summed E-state index contributed by atoms with van der Waals surface area (Å²) < 4.78 is 5.47. The normalized spacial score (nSPS) is 46.5. The van der Waals surface area contributed by atoms with Gasteiger partial charge < -0.3 is 4.74 Å². The van der Waals surface area contributed by atoms with E-state index in [2.05, 4.69) is 66.7 Å². The van der Waals surface area contributed by atoms with E-state index in [0.717, 1.165) is 51.4 Å². The highest BCUT2D eigenvalue weighted by Crippen LogP contribution is 2.75. The molecule has 0 spiro atoms. The Balaban J connectivity index is 1.65. The van der Waals surface area contributed by atoms with Crippen molar-refractivity contribution in [3.8, 4) is 6.07 Å². The average Bonchev–Trinajstić information content (AvgIpc) is 2.81. The summed E-state index contributed by atoms with van der Waals surface area (Å²) in [6.07, 6.45) is 12.5. The first kappa shape index (κ1) is 25.7. The Hall–Kier alpha value is -1.89. The van der Waals surface area contributed by atoms with E-state index in [1.807, 2.05) is 0 Å². The first-order chi connectivity index (χ1) is 16.6. The predicted octanol–water partition coefficient (Wildman–Crippen LogP) is 7.20. The van der Waals surface area contributed by atoms with Crippen molar-refractivity contribution in [1.29, 1.82) is 5.26 Å². The van der Waals surface area contributed by atoms with Crippen molar-refractivity contribution in [2.45, 2.75) is 99.8 Å². The Morgan fingerprint density at radius 1 is 1.00 bits per heavy atom. The number of nitriles is 1. The lowest BCUT2D eigenvalue weighted by atomic mass is 9.34. The van der Waals surface area contributed by atoms with Crippen LogP contribution in [0.2, 0.25) is 0 Å². The largest absolute Gasteiger partial charge is 0.469 e. The van der Waals surface area contributed by atoms with Crippen molar-refractivity contribution in [3.05, 3.63) is 23.3 Å². The fourth-order valence-electron chi connectivity index (χ4n) is 10.4. The van der Waals surface area contributed by atoms with Gasteiger partial charge in [-0.25, -0.2) is 0 Å². The van der Waals surface area contributed by atoms with E-state index in [4.69, 9.17) is 4.74 Å². The number of hydrogen-bond donors (Lipinski definition) is 0. The molecule has 0 saturated heterocycles. The monoisotopic (exact) mass is 491 g/mol. The molecular formula is C32H45NO3. The summed E-state index contributed by atoms with van der Waals surface area (Å²) in [6, 6.07) is 2.26. The summed E-state index contributed by atoms with van der Waals surface area (Å²) >= 11 is 0. The molecule has 0 N–H and O–H groups in total. The fourth-order valence-corrected chi connectivity index (χ4v) is 10.4. The number of methoxy groups -OCH3 is 1. The maximum atomic E-state index is 13.4. The van der Waals surface area contributed by atoms with Gasteiger partial charge in [-0.3, -0.25) is 9.59 Å². The van der Waals surface area contributed by atoms with Crippen LogP contribution in [-0.2, 0) is 14.3 Å². The van der Waals surface area contributed by atoms with Crippen molar-refractivity contribution in [3.63, 3.8) is 0 Å². The minimum atomic E-state index is -0.527. The zero-order valence-electron chi connectivity index (χ0n) is 23.7. The van der Waals surface area contributed by atoms with Crippen molar-refractivity contribution >= 4 is 11.8 Å². The highest BCUT2D eigenvalue weighted by Gasteiger charge is 2.69. The smallest absolute Gasteiger partial charge is 0.312 e. The molecule has 0 aromatic carbocycles. The minimum Gasteiger partial charge on any atom is -0.469 e. The van der Waals surface area contributed by atoms with Crippen molar-refractivity contribution in [1.82, 2.24) is 0 Å². The lowest BCUT2D eigenvalue weighted by Crippen LogP contribution is -2.64. The maximum absolute atomic E-state index is 13.4. The minimum absolute atomic E-state index is 0.00818. The third kappa shape index (κ3) is 2.98. The third-order valence-electron chi connectivity index (χ3n) is 12.7. The van der Waals surface area contributed by atoms with Gasteiger partial charge >= 0.3 is 5.97 Å². The van der Waals surface area contributed by atoms with Gasteiger partial charge in [0.1, 0.15) is 6.07 Å². The Morgan fingerprint density at radius 3 is 2.31 bits per heavy atom. The van der Waals surface area contributed by atoms with E-state index in [1.54, 1.807) is 7.11 Å². The lowest BCUT2D eigenvalue weighted by molar-refractivity contribution is -0.177. The number of rotatable bonds is 1. The predicted molar refractivity (Wildman–Crippen MR) is 141 cm³/mol. The molecule has 196 valence electrons. The van der Waals surface area contributed by atoms with Crippen LogP contribution in [0.4, 0.5) is 0 Å². The van der Waals surface area contributed by atoms with E-state index < -0.39 is 10.8 Å². The summed E-state index contributed by atoms with van der Waals surface area (Å²) in [6.45, 7) is 16.1. The van der Waals surface area contributed by atoms with Crippen LogP contribution in [0.1, 0.15) is 99.8 Å². The van der Waals surface area contributed by atoms with Crippen LogP contribution in [0, 0.1) is 61.6 Å². The molecule has 0 radical (unpaired) electrons.